The van der Waals surface area contributed by atoms with Gasteiger partial charge in [-0.05, 0) is 46.8 Å². The highest BCUT2D eigenvalue weighted by atomic mass is 16.5. The average molecular weight is 425 g/mol. The molecule has 6 heteroatoms. The molecule has 32 heavy (non-hydrogen) atoms. The Hall–Kier alpha value is -4.03. The number of anilines is 1. The summed E-state index contributed by atoms with van der Waals surface area (Å²) in [6, 6.07) is 23.8. The van der Waals surface area contributed by atoms with Crippen molar-refractivity contribution in [2.24, 2.45) is 5.73 Å². The smallest absolute Gasteiger partial charge is 0.338 e. The molecule has 4 rings (SSSR count). The molecule has 0 aliphatic rings. The Morgan fingerprint density at radius 1 is 0.938 bits per heavy atom. The molecule has 160 valence electrons. The third-order valence-corrected chi connectivity index (χ3v) is 5.22. The number of esters is 1. The van der Waals surface area contributed by atoms with Crippen LogP contribution in [0.15, 0.2) is 91.3 Å². The van der Waals surface area contributed by atoms with Crippen molar-refractivity contribution in [1.82, 2.24) is 4.98 Å². The van der Waals surface area contributed by atoms with Crippen LogP contribution in [-0.4, -0.2) is 23.4 Å². The standard InChI is InChI=1S/C26H23N3O3/c27-15-24(25(30)29-23-11-10-22-16-28-13-12-21(22)14-23)19-8-6-18(7-9-19)17-32-26(31)20-4-2-1-3-5-20/h1-14,16,24H,15,17,27H2,(H,29,30)/t24-/m0/s1. The summed E-state index contributed by atoms with van der Waals surface area (Å²) in [6.45, 7) is 0.325. The number of pyridine rings is 1. The molecule has 3 aromatic carbocycles. The first-order valence-electron chi connectivity index (χ1n) is 10.3. The van der Waals surface area contributed by atoms with Crippen LogP contribution in [0.2, 0.25) is 0 Å². The van der Waals surface area contributed by atoms with Crippen LogP contribution < -0.4 is 11.1 Å². The van der Waals surface area contributed by atoms with E-state index in [1.165, 1.54) is 0 Å². The summed E-state index contributed by atoms with van der Waals surface area (Å²) in [6.07, 6.45) is 3.50. The van der Waals surface area contributed by atoms with Crippen LogP contribution >= 0.6 is 0 Å². The fraction of sp³-hybridized carbons (Fsp3) is 0.115. The number of fused-ring (bicyclic) bond motifs is 1. The second-order valence-corrected chi connectivity index (χ2v) is 7.40. The largest absolute Gasteiger partial charge is 0.457 e. The molecule has 0 bridgehead atoms. The minimum absolute atomic E-state index is 0.152. The quantitative estimate of drug-likeness (QED) is 0.431. The lowest BCUT2D eigenvalue weighted by Crippen LogP contribution is -2.27. The third-order valence-electron chi connectivity index (χ3n) is 5.22. The molecule has 0 fully saturated rings. The highest BCUT2D eigenvalue weighted by Crippen LogP contribution is 2.22. The van der Waals surface area contributed by atoms with Crippen LogP contribution in [-0.2, 0) is 16.1 Å². The van der Waals surface area contributed by atoms with E-state index in [-0.39, 0.29) is 25.0 Å². The average Bonchev–Trinajstić information content (AvgIpc) is 2.84. The molecule has 0 saturated carbocycles. The Morgan fingerprint density at radius 3 is 2.47 bits per heavy atom. The van der Waals surface area contributed by atoms with Gasteiger partial charge in [0, 0.05) is 30.0 Å². The predicted molar refractivity (Wildman–Crippen MR) is 124 cm³/mol. The van der Waals surface area contributed by atoms with Gasteiger partial charge in [-0.15, -0.1) is 0 Å². The van der Waals surface area contributed by atoms with E-state index >= 15 is 0 Å². The molecule has 0 unspecified atom stereocenters. The molecule has 6 nitrogen and oxygen atoms in total. The van der Waals surface area contributed by atoms with Crippen molar-refractivity contribution >= 4 is 28.3 Å². The van der Waals surface area contributed by atoms with Crippen molar-refractivity contribution in [3.8, 4) is 0 Å². The van der Waals surface area contributed by atoms with E-state index in [4.69, 9.17) is 10.5 Å². The van der Waals surface area contributed by atoms with E-state index in [0.717, 1.165) is 21.9 Å². The van der Waals surface area contributed by atoms with Crippen molar-refractivity contribution in [2.75, 3.05) is 11.9 Å². The normalized spacial score (nSPS) is 11.7. The van der Waals surface area contributed by atoms with Gasteiger partial charge < -0.3 is 15.8 Å². The molecule has 0 aliphatic heterocycles. The number of nitrogens with one attached hydrogen (secondary N) is 1. The number of ether oxygens (including phenoxy) is 1. The summed E-state index contributed by atoms with van der Waals surface area (Å²) >= 11 is 0. The van der Waals surface area contributed by atoms with Crippen LogP contribution in [0.3, 0.4) is 0 Å². The van der Waals surface area contributed by atoms with Gasteiger partial charge >= 0.3 is 5.97 Å². The molecule has 1 atom stereocenters. The Bertz CT molecular complexity index is 1220. The van der Waals surface area contributed by atoms with E-state index in [2.05, 4.69) is 10.3 Å². The highest BCUT2D eigenvalue weighted by Gasteiger charge is 2.19. The van der Waals surface area contributed by atoms with E-state index < -0.39 is 5.92 Å². The first-order chi connectivity index (χ1) is 15.6. The van der Waals surface area contributed by atoms with Crippen LogP contribution in [0.1, 0.15) is 27.4 Å². The number of nitrogens with two attached hydrogens (primary N) is 1. The third kappa shape index (κ3) is 4.99. The summed E-state index contributed by atoms with van der Waals surface area (Å²) < 4.78 is 5.36. The summed E-state index contributed by atoms with van der Waals surface area (Å²) in [5.74, 6) is -1.05. The second kappa shape index (κ2) is 9.85. The number of nitrogens with zero attached hydrogens (tertiary/aromatic N) is 1. The van der Waals surface area contributed by atoms with Gasteiger partial charge in [0.15, 0.2) is 0 Å². The molecule has 0 saturated heterocycles. The van der Waals surface area contributed by atoms with Crippen molar-refractivity contribution in [3.63, 3.8) is 0 Å². The molecule has 4 aromatic rings. The van der Waals surface area contributed by atoms with Crippen molar-refractivity contribution in [3.05, 3.63) is 108 Å². The second-order valence-electron chi connectivity index (χ2n) is 7.40. The summed E-state index contributed by atoms with van der Waals surface area (Å²) in [5, 5.41) is 4.95. The lowest BCUT2D eigenvalue weighted by atomic mass is 9.97. The minimum atomic E-state index is -0.496. The van der Waals surface area contributed by atoms with E-state index in [1.54, 1.807) is 36.7 Å². The Balaban J connectivity index is 1.39. The first-order valence-corrected chi connectivity index (χ1v) is 10.3. The molecule has 1 amide bonds. The Morgan fingerprint density at radius 2 is 1.72 bits per heavy atom. The van der Waals surface area contributed by atoms with Gasteiger partial charge in [0.25, 0.3) is 0 Å². The number of amides is 1. The molecular weight excluding hydrogens is 402 g/mol. The highest BCUT2D eigenvalue weighted by molar-refractivity contribution is 5.98. The zero-order valence-electron chi connectivity index (χ0n) is 17.4. The SMILES string of the molecule is NC[C@H](C(=O)Nc1ccc2cnccc2c1)c1ccc(COC(=O)c2ccccc2)cc1. The monoisotopic (exact) mass is 425 g/mol. The van der Waals surface area contributed by atoms with Crippen molar-refractivity contribution in [2.45, 2.75) is 12.5 Å². The maximum atomic E-state index is 12.9. The van der Waals surface area contributed by atoms with Crippen LogP contribution in [0, 0.1) is 0 Å². The number of carbonyl (C=O) groups is 2. The molecule has 3 N–H and O–H groups in total. The first kappa shape index (κ1) is 21.2. The van der Waals surface area contributed by atoms with Gasteiger partial charge in [0.1, 0.15) is 6.61 Å². The molecular formula is C26H23N3O3. The Kier molecular flexibility index (Phi) is 6.53. The van der Waals surface area contributed by atoms with Crippen LogP contribution in [0.4, 0.5) is 5.69 Å². The van der Waals surface area contributed by atoms with Gasteiger partial charge in [-0.2, -0.15) is 0 Å². The minimum Gasteiger partial charge on any atom is -0.457 e. The zero-order chi connectivity index (χ0) is 22.3. The van der Waals surface area contributed by atoms with Crippen molar-refractivity contribution < 1.29 is 14.3 Å². The number of aromatic nitrogens is 1. The fourth-order valence-corrected chi connectivity index (χ4v) is 3.44. The maximum Gasteiger partial charge on any atom is 0.338 e. The summed E-state index contributed by atoms with van der Waals surface area (Å²) in [4.78, 5) is 29.1. The lowest BCUT2D eigenvalue weighted by molar-refractivity contribution is -0.117. The maximum absolute atomic E-state index is 12.9. The van der Waals surface area contributed by atoms with Gasteiger partial charge in [-0.25, -0.2) is 4.79 Å². The molecule has 0 aliphatic carbocycles. The number of hydrogen-bond donors (Lipinski definition) is 2. The molecule has 1 aromatic heterocycles. The summed E-state index contributed by atoms with van der Waals surface area (Å²) in [5.41, 5.74) is 8.76. The summed E-state index contributed by atoms with van der Waals surface area (Å²) in [7, 11) is 0. The van der Waals surface area contributed by atoms with Gasteiger partial charge in [-0.1, -0.05) is 48.5 Å². The predicted octanol–water partition coefficient (Wildman–Crippen LogP) is 4.27. The van der Waals surface area contributed by atoms with Crippen LogP contribution in [0.5, 0.6) is 0 Å². The molecule has 1 heterocycles. The van der Waals surface area contributed by atoms with Crippen molar-refractivity contribution in [1.29, 1.82) is 0 Å². The number of rotatable bonds is 7. The fourth-order valence-electron chi connectivity index (χ4n) is 3.44. The number of benzene rings is 3. The van der Waals surface area contributed by atoms with Gasteiger partial charge in [0.2, 0.25) is 5.91 Å². The number of carbonyl (C=O) groups excluding carboxylic acids is 2. The van der Waals surface area contributed by atoms with Crippen LogP contribution in [0.25, 0.3) is 10.8 Å². The van der Waals surface area contributed by atoms with E-state index in [9.17, 15) is 9.59 Å². The zero-order valence-corrected chi connectivity index (χ0v) is 17.4. The van der Waals surface area contributed by atoms with E-state index in [1.807, 2.05) is 54.6 Å². The molecule has 0 spiro atoms. The molecule has 0 radical (unpaired) electrons. The Labute approximate surface area is 186 Å². The van der Waals surface area contributed by atoms with Gasteiger partial charge in [-0.3, -0.25) is 9.78 Å². The van der Waals surface area contributed by atoms with Gasteiger partial charge in [0.05, 0.1) is 11.5 Å². The van der Waals surface area contributed by atoms with E-state index in [0.29, 0.717) is 11.3 Å². The number of hydrogen-bond acceptors (Lipinski definition) is 5. The topological polar surface area (TPSA) is 94.3 Å². The lowest BCUT2D eigenvalue weighted by Gasteiger charge is -2.16.